The van der Waals surface area contributed by atoms with Gasteiger partial charge in [-0.1, -0.05) is 6.07 Å². The second-order valence-electron chi connectivity index (χ2n) is 6.66. The van der Waals surface area contributed by atoms with E-state index in [1.165, 1.54) is 12.4 Å². The Kier molecular flexibility index (Phi) is 5.55. The van der Waals surface area contributed by atoms with E-state index in [1.807, 2.05) is 32.0 Å². The first-order valence-corrected chi connectivity index (χ1v) is 8.71. The smallest absolute Gasteiger partial charge is 0.254 e. The van der Waals surface area contributed by atoms with Gasteiger partial charge in [-0.25, -0.2) is 9.97 Å². The lowest BCUT2D eigenvalue weighted by Gasteiger charge is -2.25. The molecule has 1 aromatic heterocycles. The third kappa shape index (κ3) is 4.41. The Bertz CT molecular complexity index is 762. The third-order valence-electron chi connectivity index (χ3n) is 4.14. The molecule has 0 aliphatic carbocycles. The first-order chi connectivity index (χ1) is 12.5. The summed E-state index contributed by atoms with van der Waals surface area (Å²) in [6, 6.07) is 6.07. The Labute approximate surface area is 153 Å². The average molecular weight is 356 g/mol. The van der Waals surface area contributed by atoms with Crippen molar-refractivity contribution in [3.63, 3.8) is 0 Å². The summed E-state index contributed by atoms with van der Waals surface area (Å²) >= 11 is 0. The molecule has 0 radical (unpaired) electrons. The quantitative estimate of drug-likeness (QED) is 0.826. The predicted octanol–water partition coefficient (Wildman–Crippen LogP) is 2.29. The molecule has 0 unspecified atom stereocenters. The molecule has 7 heteroatoms. The first-order valence-electron chi connectivity index (χ1n) is 8.71. The van der Waals surface area contributed by atoms with Gasteiger partial charge >= 0.3 is 0 Å². The van der Waals surface area contributed by atoms with E-state index in [0.29, 0.717) is 24.7 Å². The van der Waals surface area contributed by atoms with Crippen LogP contribution in [0.3, 0.4) is 0 Å². The highest BCUT2D eigenvalue weighted by Gasteiger charge is 2.21. The summed E-state index contributed by atoms with van der Waals surface area (Å²) in [7, 11) is 1.64. The fourth-order valence-corrected chi connectivity index (χ4v) is 2.79. The number of anilines is 1. The van der Waals surface area contributed by atoms with Gasteiger partial charge in [0.1, 0.15) is 11.5 Å². The van der Waals surface area contributed by atoms with Gasteiger partial charge < -0.3 is 20.1 Å². The number of nitrogens with one attached hydrogen (secondary N) is 2. The molecule has 0 saturated heterocycles. The maximum absolute atomic E-state index is 12.3. The fourth-order valence-electron chi connectivity index (χ4n) is 2.79. The highest BCUT2D eigenvalue weighted by molar-refractivity contribution is 5.93. The molecule has 1 aliphatic rings. The third-order valence-corrected chi connectivity index (χ3v) is 4.14. The second kappa shape index (κ2) is 8.03. The first kappa shape index (κ1) is 18.0. The summed E-state index contributed by atoms with van der Waals surface area (Å²) in [6.07, 6.45) is 3.92. The maximum atomic E-state index is 12.3. The van der Waals surface area contributed by atoms with E-state index < -0.39 is 0 Å². The van der Waals surface area contributed by atoms with Crippen LogP contribution in [-0.4, -0.2) is 42.2 Å². The lowest BCUT2D eigenvalue weighted by Crippen LogP contribution is -2.35. The number of fused-ring (bicyclic) bond motifs is 1. The summed E-state index contributed by atoms with van der Waals surface area (Å²) in [5.41, 5.74) is 1.57. The molecule has 2 aromatic rings. The van der Waals surface area contributed by atoms with Gasteiger partial charge in [0.2, 0.25) is 5.95 Å². The molecule has 0 saturated carbocycles. The summed E-state index contributed by atoms with van der Waals surface area (Å²) in [5, 5.41) is 6.03. The molecular formula is C19H24N4O3. The molecule has 0 bridgehead atoms. The van der Waals surface area contributed by atoms with Gasteiger partial charge in [-0.3, -0.25) is 4.79 Å². The molecule has 2 N–H and O–H groups in total. The van der Waals surface area contributed by atoms with Crippen molar-refractivity contribution in [1.82, 2.24) is 15.3 Å². The molecule has 0 fully saturated rings. The van der Waals surface area contributed by atoms with Crippen LogP contribution < -0.4 is 20.1 Å². The number of hydrogen-bond donors (Lipinski definition) is 2. The van der Waals surface area contributed by atoms with Gasteiger partial charge in [-0.15, -0.1) is 0 Å². The van der Waals surface area contributed by atoms with Crippen LogP contribution in [0, 0.1) is 5.92 Å². The van der Waals surface area contributed by atoms with E-state index >= 15 is 0 Å². The van der Waals surface area contributed by atoms with Crippen molar-refractivity contribution in [3.05, 3.63) is 41.7 Å². The van der Waals surface area contributed by atoms with E-state index in [0.717, 1.165) is 23.5 Å². The van der Waals surface area contributed by atoms with Crippen LogP contribution >= 0.6 is 0 Å². The Morgan fingerprint density at radius 3 is 2.81 bits per heavy atom. The van der Waals surface area contributed by atoms with Crippen molar-refractivity contribution in [2.45, 2.75) is 26.3 Å². The SMILES string of the molecule is COc1ccc2c(c1)OC[C@@H](CNC(=O)c1cnc(NC(C)C)nc1)C2. The van der Waals surface area contributed by atoms with Crippen molar-refractivity contribution >= 4 is 11.9 Å². The number of rotatable bonds is 6. The molecule has 7 nitrogen and oxygen atoms in total. The lowest BCUT2D eigenvalue weighted by molar-refractivity contribution is 0.0938. The Morgan fingerprint density at radius 2 is 2.12 bits per heavy atom. The normalized spacial score (nSPS) is 15.8. The zero-order chi connectivity index (χ0) is 18.5. The lowest BCUT2D eigenvalue weighted by atomic mass is 9.96. The van der Waals surface area contributed by atoms with Gasteiger partial charge in [0, 0.05) is 37.0 Å². The molecule has 2 heterocycles. The Hall–Kier alpha value is -2.83. The molecule has 138 valence electrons. The standard InChI is InChI=1S/C19H24N4O3/c1-12(2)23-19-21-9-15(10-22-19)18(24)20-8-13-6-14-4-5-16(25-3)7-17(14)26-11-13/h4-5,7,9-10,12-13H,6,8,11H2,1-3H3,(H,20,24)(H,21,22,23)/t13-/m1/s1. The molecule has 0 spiro atoms. The van der Waals surface area contributed by atoms with E-state index in [1.54, 1.807) is 7.11 Å². The van der Waals surface area contributed by atoms with Gasteiger partial charge in [-0.2, -0.15) is 0 Å². The van der Waals surface area contributed by atoms with Crippen LogP contribution in [0.15, 0.2) is 30.6 Å². The van der Waals surface area contributed by atoms with Gasteiger partial charge in [0.15, 0.2) is 0 Å². The highest BCUT2D eigenvalue weighted by Crippen LogP contribution is 2.30. The Balaban J connectivity index is 1.53. The van der Waals surface area contributed by atoms with E-state index in [2.05, 4.69) is 20.6 Å². The van der Waals surface area contributed by atoms with Gasteiger partial charge in [-0.05, 0) is 31.9 Å². The number of ether oxygens (including phenoxy) is 2. The van der Waals surface area contributed by atoms with Crippen molar-refractivity contribution in [2.75, 3.05) is 25.6 Å². The zero-order valence-corrected chi connectivity index (χ0v) is 15.3. The molecule has 3 rings (SSSR count). The van der Waals surface area contributed by atoms with E-state index in [-0.39, 0.29) is 17.9 Å². The van der Waals surface area contributed by atoms with Gasteiger partial charge in [0.25, 0.3) is 5.91 Å². The van der Waals surface area contributed by atoms with Crippen LogP contribution in [0.5, 0.6) is 11.5 Å². The minimum absolute atomic E-state index is 0.179. The number of nitrogens with zero attached hydrogens (tertiary/aromatic N) is 2. The van der Waals surface area contributed by atoms with Crippen molar-refractivity contribution in [2.24, 2.45) is 5.92 Å². The van der Waals surface area contributed by atoms with Crippen LogP contribution in [-0.2, 0) is 6.42 Å². The van der Waals surface area contributed by atoms with Gasteiger partial charge in [0.05, 0.1) is 19.3 Å². The minimum Gasteiger partial charge on any atom is -0.497 e. The number of carbonyl (C=O) groups is 1. The molecule has 1 aliphatic heterocycles. The Morgan fingerprint density at radius 1 is 1.35 bits per heavy atom. The minimum atomic E-state index is -0.179. The number of amides is 1. The molecule has 1 atom stereocenters. The van der Waals surface area contributed by atoms with Crippen LogP contribution in [0.2, 0.25) is 0 Å². The van der Waals surface area contributed by atoms with E-state index in [9.17, 15) is 4.79 Å². The molecule has 26 heavy (non-hydrogen) atoms. The van der Waals surface area contributed by atoms with Crippen molar-refractivity contribution in [3.8, 4) is 11.5 Å². The van der Waals surface area contributed by atoms with Crippen LogP contribution in [0.1, 0.15) is 29.8 Å². The van der Waals surface area contributed by atoms with Crippen molar-refractivity contribution in [1.29, 1.82) is 0 Å². The highest BCUT2D eigenvalue weighted by atomic mass is 16.5. The number of carbonyl (C=O) groups excluding carboxylic acids is 1. The summed E-state index contributed by atoms with van der Waals surface area (Å²) in [6.45, 7) is 5.11. The molecule has 1 amide bonds. The van der Waals surface area contributed by atoms with E-state index in [4.69, 9.17) is 9.47 Å². The largest absolute Gasteiger partial charge is 0.497 e. The van der Waals surface area contributed by atoms with Crippen LogP contribution in [0.4, 0.5) is 5.95 Å². The summed E-state index contributed by atoms with van der Waals surface area (Å²) in [4.78, 5) is 20.6. The number of methoxy groups -OCH3 is 1. The number of benzene rings is 1. The number of aromatic nitrogens is 2. The topological polar surface area (TPSA) is 85.4 Å². The maximum Gasteiger partial charge on any atom is 0.254 e. The predicted molar refractivity (Wildman–Crippen MR) is 98.8 cm³/mol. The van der Waals surface area contributed by atoms with Crippen LogP contribution in [0.25, 0.3) is 0 Å². The second-order valence-corrected chi connectivity index (χ2v) is 6.66. The molecular weight excluding hydrogens is 332 g/mol. The summed E-state index contributed by atoms with van der Waals surface area (Å²) < 4.78 is 11.0. The fraction of sp³-hybridized carbons (Fsp3) is 0.421. The summed E-state index contributed by atoms with van der Waals surface area (Å²) in [5.74, 6) is 2.20. The molecule has 1 aromatic carbocycles. The monoisotopic (exact) mass is 356 g/mol. The van der Waals surface area contributed by atoms with Crippen molar-refractivity contribution < 1.29 is 14.3 Å². The number of hydrogen-bond acceptors (Lipinski definition) is 6. The average Bonchev–Trinajstić information content (AvgIpc) is 2.65. The zero-order valence-electron chi connectivity index (χ0n) is 15.3.